The highest BCUT2D eigenvalue weighted by molar-refractivity contribution is 7.17. The minimum Gasteiger partial charge on any atom is -0.294 e. The number of aryl methyl sites for hydroxylation is 1. The van der Waals surface area contributed by atoms with Gasteiger partial charge in [0, 0.05) is 4.88 Å². The van der Waals surface area contributed by atoms with Crippen molar-refractivity contribution in [2.45, 2.75) is 26.7 Å². The Hall–Kier alpha value is -1.41. The summed E-state index contributed by atoms with van der Waals surface area (Å²) in [7, 11) is 0. The molecule has 0 saturated carbocycles. The van der Waals surface area contributed by atoms with E-state index in [1.807, 2.05) is 12.1 Å². The number of thiophene rings is 1. The van der Waals surface area contributed by atoms with Crippen LogP contribution in [0.5, 0.6) is 0 Å². The van der Waals surface area contributed by atoms with Crippen LogP contribution >= 0.6 is 11.3 Å². The van der Waals surface area contributed by atoms with Gasteiger partial charge in [0.05, 0.1) is 4.88 Å². The third-order valence-electron chi connectivity index (χ3n) is 2.73. The zero-order valence-electron chi connectivity index (χ0n) is 10.2. The highest BCUT2D eigenvalue weighted by Gasteiger charge is 2.05. The second-order valence-corrected chi connectivity index (χ2v) is 5.25. The first-order valence-electron chi connectivity index (χ1n) is 5.91. The molecular weight excluding hydrogens is 228 g/mol. The molecule has 0 fully saturated rings. The predicted molar refractivity (Wildman–Crippen MR) is 73.8 cm³/mol. The second-order valence-electron chi connectivity index (χ2n) is 4.17. The van der Waals surface area contributed by atoms with Crippen molar-refractivity contribution in [1.82, 2.24) is 0 Å². The lowest BCUT2D eigenvalue weighted by Crippen LogP contribution is -1.83. The highest BCUT2D eigenvalue weighted by atomic mass is 32.1. The number of carbonyl (C=O) groups is 1. The van der Waals surface area contributed by atoms with Crippen molar-refractivity contribution < 1.29 is 4.79 Å². The molecule has 1 heterocycles. The summed E-state index contributed by atoms with van der Waals surface area (Å²) in [5.41, 5.74) is 2.57. The Kier molecular flexibility index (Phi) is 3.75. The minimum absolute atomic E-state index is 0.142. The molecule has 1 nitrogen and oxygen atoms in total. The van der Waals surface area contributed by atoms with Crippen molar-refractivity contribution >= 4 is 17.1 Å². The number of benzene rings is 1. The zero-order chi connectivity index (χ0) is 12.3. The second kappa shape index (κ2) is 5.28. The molecule has 0 saturated heterocycles. The number of Topliss-reactive ketones (excluding diaryl/α,β-unsaturated/α-hetero) is 1. The Balaban J connectivity index is 2.23. The van der Waals surface area contributed by atoms with E-state index in [1.165, 1.54) is 22.4 Å². The van der Waals surface area contributed by atoms with E-state index in [2.05, 4.69) is 31.2 Å². The molecule has 0 aliphatic heterocycles. The number of hydrogen-bond donors (Lipinski definition) is 0. The molecule has 88 valence electrons. The first-order chi connectivity index (χ1) is 8.20. The molecular formula is C15H16OS. The SMILES string of the molecule is CCCc1ccc(-c2ccc(C(C)=O)s2)cc1. The van der Waals surface area contributed by atoms with E-state index in [4.69, 9.17) is 0 Å². The van der Waals surface area contributed by atoms with Gasteiger partial charge in [0.25, 0.3) is 0 Å². The lowest BCUT2D eigenvalue weighted by molar-refractivity contribution is 0.102. The van der Waals surface area contributed by atoms with E-state index >= 15 is 0 Å². The third-order valence-corrected chi connectivity index (χ3v) is 3.97. The summed E-state index contributed by atoms with van der Waals surface area (Å²) in [5, 5.41) is 0. The van der Waals surface area contributed by atoms with Gasteiger partial charge in [-0.25, -0.2) is 0 Å². The quantitative estimate of drug-likeness (QED) is 0.720. The van der Waals surface area contributed by atoms with Crippen molar-refractivity contribution in [3.63, 3.8) is 0 Å². The van der Waals surface area contributed by atoms with Gasteiger partial charge in [-0.1, -0.05) is 37.6 Å². The van der Waals surface area contributed by atoms with Gasteiger partial charge in [-0.05, 0) is 36.6 Å². The van der Waals surface area contributed by atoms with Crippen LogP contribution in [0.3, 0.4) is 0 Å². The Morgan fingerprint density at radius 2 is 1.82 bits per heavy atom. The molecule has 2 rings (SSSR count). The van der Waals surface area contributed by atoms with Crippen LogP contribution in [0.4, 0.5) is 0 Å². The van der Waals surface area contributed by atoms with Crippen molar-refractivity contribution in [2.75, 3.05) is 0 Å². The number of ketones is 1. The van der Waals surface area contributed by atoms with Crippen LogP contribution in [0.1, 0.15) is 35.5 Å². The topological polar surface area (TPSA) is 17.1 Å². The van der Waals surface area contributed by atoms with E-state index in [9.17, 15) is 4.79 Å². The number of carbonyl (C=O) groups excluding carboxylic acids is 1. The summed E-state index contributed by atoms with van der Waals surface area (Å²) in [5.74, 6) is 0.142. The molecule has 0 aliphatic rings. The summed E-state index contributed by atoms with van der Waals surface area (Å²) in [6.45, 7) is 3.80. The summed E-state index contributed by atoms with van der Waals surface area (Å²) in [6, 6.07) is 12.6. The summed E-state index contributed by atoms with van der Waals surface area (Å²) in [4.78, 5) is 13.2. The normalized spacial score (nSPS) is 10.5. The van der Waals surface area contributed by atoms with Gasteiger partial charge in [0.1, 0.15) is 0 Å². The van der Waals surface area contributed by atoms with Crippen molar-refractivity contribution in [3.05, 3.63) is 46.8 Å². The maximum atomic E-state index is 11.2. The largest absolute Gasteiger partial charge is 0.294 e. The van der Waals surface area contributed by atoms with Gasteiger partial charge < -0.3 is 0 Å². The molecule has 17 heavy (non-hydrogen) atoms. The maximum absolute atomic E-state index is 11.2. The first-order valence-corrected chi connectivity index (χ1v) is 6.72. The number of rotatable bonds is 4. The van der Waals surface area contributed by atoms with Crippen molar-refractivity contribution in [2.24, 2.45) is 0 Å². The standard InChI is InChI=1S/C15H16OS/c1-3-4-12-5-7-13(8-6-12)15-10-9-14(17-15)11(2)16/h5-10H,3-4H2,1-2H3. The van der Waals surface area contributed by atoms with Gasteiger partial charge in [0.15, 0.2) is 5.78 Å². The van der Waals surface area contributed by atoms with Crippen LogP contribution in [0, 0.1) is 0 Å². The zero-order valence-corrected chi connectivity index (χ0v) is 11.0. The molecule has 2 aromatic rings. The molecule has 0 bridgehead atoms. The van der Waals surface area contributed by atoms with E-state index in [1.54, 1.807) is 18.3 Å². The molecule has 0 radical (unpaired) electrons. The van der Waals surface area contributed by atoms with Crippen LogP contribution in [0.25, 0.3) is 10.4 Å². The summed E-state index contributed by atoms with van der Waals surface area (Å²) >= 11 is 1.56. The third kappa shape index (κ3) is 2.83. The van der Waals surface area contributed by atoms with Crippen molar-refractivity contribution in [3.8, 4) is 10.4 Å². The van der Waals surface area contributed by atoms with Gasteiger partial charge >= 0.3 is 0 Å². The molecule has 1 aromatic carbocycles. The van der Waals surface area contributed by atoms with E-state index in [-0.39, 0.29) is 5.78 Å². The van der Waals surface area contributed by atoms with Crippen LogP contribution < -0.4 is 0 Å². The smallest absolute Gasteiger partial charge is 0.169 e. The van der Waals surface area contributed by atoms with Crippen LogP contribution in [-0.2, 0) is 6.42 Å². The average Bonchev–Trinajstić information content (AvgIpc) is 2.80. The van der Waals surface area contributed by atoms with Crippen LogP contribution in [0.15, 0.2) is 36.4 Å². The monoisotopic (exact) mass is 244 g/mol. The fourth-order valence-corrected chi connectivity index (χ4v) is 2.71. The van der Waals surface area contributed by atoms with Crippen LogP contribution in [0.2, 0.25) is 0 Å². The Labute approximate surface area is 106 Å². The van der Waals surface area contributed by atoms with E-state index < -0.39 is 0 Å². The lowest BCUT2D eigenvalue weighted by atomic mass is 10.1. The predicted octanol–water partition coefficient (Wildman–Crippen LogP) is 4.57. The molecule has 1 aromatic heterocycles. The molecule has 2 heteroatoms. The van der Waals surface area contributed by atoms with E-state index in [0.29, 0.717) is 0 Å². The molecule has 0 spiro atoms. The first kappa shape index (κ1) is 12.1. The molecule has 0 aliphatic carbocycles. The average molecular weight is 244 g/mol. The van der Waals surface area contributed by atoms with Crippen molar-refractivity contribution in [1.29, 1.82) is 0 Å². The minimum atomic E-state index is 0.142. The molecule has 0 atom stereocenters. The van der Waals surface area contributed by atoms with Gasteiger partial charge in [-0.15, -0.1) is 11.3 Å². The highest BCUT2D eigenvalue weighted by Crippen LogP contribution is 2.28. The van der Waals surface area contributed by atoms with Crippen LogP contribution in [-0.4, -0.2) is 5.78 Å². The maximum Gasteiger partial charge on any atom is 0.169 e. The molecule has 0 N–H and O–H groups in total. The molecule has 0 unspecified atom stereocenters. The Bertz CT molecular complexity index is 508. The summed E-state index contributed by atoms with van der Waals surface area (Å²) in [6.07, 6.45) is 2.30. The molecule has 0 amide bonds. The fourth-order valence-electron chi connectivity index (χ4n) is 1.81. The van der Waals surface area contributed by atoms with E-state index in [0.717, 1.165) is 11.3 Å². The Morgan fingerprint density at radius 1 is 1.12 bits per heavy atom. The lowest BCUT2D eigenvalue weighted by Gasteiger charge is -2.00. The number of hydrogen-bond acceptors (Lipinski definition) is 2. The van der Waals surface area contributed by atoms with Gasteiger partial charge in [0.2, 0.25) is 0 Å². The Morgan fingerprint density at radius 3 is 2.35 bits per heavy atom. The van der Waals surface area contributed by atoms with Gasteiger partial charge in [-0.2, -0.15) is 0 Å². The fraction of sp³-hybridized carbons (Fsp3) is 0.267. The summed E-state index contributed by atoms with van der Waals surface area (Å²) < 4.78 is 0. The van der Waals surface area contributed by atoms with Gasteiger partial charge in [-0.3, -0.25) is 4.79 Å².